The van der Waals surface area contributed by atoms with Gasteiger partial charge in [0.25, 0.3) is 15.7 Å². The molecule has 11 heteroatoms. The number of hydrogen-bond donors (Lipinski definition) is 2. The second-order valence-corrected chi connectivity index (χ2v) is 7.81. The van der Waals surface area contributed by atoms with E-state index in [4.69, 9.17) is 4.52 Å². The van der Waals surface area contributed by atoms with Crippen LogP contribution in [-0.2, 0) is 14.8 Å². The molecule has 3 aromatic rings. The molecule has 1 amide bonds. The minimum atomic E-state index is -3.85. The molecule has 1 heterocycles. The normalized spacial score (nSPS) is 11.4. The average molecular weight is 428 g/mol. The molecule has 3 rings (SSSR count). The monoisotopic (exact) mass is 428 g/mol. The van der Waals surface area contributed by atoms with Gasteiger partial charge in [0.1, 0.15) is 5.76 Å². The van der Waals surface area contributed by atoms with Crippen LogP contribution in [0.1, 0.15) is 11.3 Å². The van der Waals surface area contributed by atoms with E-state index in [1.165, 1.54) is 66.7 Å². The second-order valence-electron chi connectivity index (χ2n) is 6.12. The zero-order valence-electron chi connectivity index (χ0n) is 15.6. The number of nitrogens with zero attached hydrogens (tertiary/aromatic N) is 2. The van der Waals surface area contributed by atoms with Gasteiger partial charge in [-0.2, -0.15) is 0 Å². The third-order valence-electron chi connectivity index (χ3n) is 3.83. The minimum absolute atomic E-state index is 0.0115. The Balaban J connectivity index is 1.62. The molecule has 0 spiro atoms. The number of aromatic nitrogens is 1. The summed E-state index contributed by atoms with van der Waals surface area (Å²) in [6, 6.07) is 12.7. The number of benzene rings is 2. The van der Waals surface area contributed by atoms with Gasteiger partial charge in [0.15, 0.2) is 5.82 Å². The molecule has 0 aliphatic carbocycles. The molecule has 0 unspecified atom stereocenters. The number of rotatable bonds is 7. The molecule has 0 atom stereocenters. The molecule has 1 aromatic heterocycles. The fourth-order valence-corrected chi connectivity index (χ4v) is 3.38. The van der Waals surface area contributed by atoms with Crippen molar-refractivity contribution in [3.05, 3.63) is 82.1 Å². The highest BCUT2D eigenvalue weighted by molar-refractivity contribution is 7.92. The number of nitrogens with one attached hydrogen (secondary N) is 2. The summed E-state index contributed by atoms with van der Waals surface area (Å²) in [5.74, 6) is 0.0916. The maximum Gasteiger partial charge on any atom is 0.269 e. The van der Waals surface area contributed by atoms with Crippen LogP contribution in [0.5, 0.6) is 0 Å². The van der Waals surface area contributed by atoms with Gasteiger partial charge in [0, 0.05) is 30.0 Å². The first-order valence-corrected chi connectivity index (χ1v) is 10.0. The van der Waals surface area contributed by atoms with E-state index in [1.807, 2.05) is 0 Å². The Morgan fingerprint density at radius 2 is 1.80 bits per heavy atom. The summed E-state index contributed by atoms with van der Waals surface area (Å²) in [6.07, 6.45) is 2.77. The van der Waals surface area contributed by atoms with E-state index in [2.05, 4.69) is 15.2 Å². The second kappa shape index (κ2) is 8.57. The number of sulfonamides is 1. The number of nitro benzene ring substituents is 1. The van der Waals surface area contributed by atoms with Gasteiger partial charge in [-0.15, -0.1) is 0 Å². The van der Waals surface area contributed by atoms with Crippen LogP contribution in [0.2, 0.25) is 0 Å². The highest BCUT2D eigenvalue weighted by Gasteiger charge is 2.16. The molecule has 0 aliphatic rings. The molecule has 0 fully saturated rings. The van der Waals surface area contributed by atoms with Crippen LogP contribution in [0, 0.1) is 17.0 Å². The van der Waals surface area contributed by atoms with Crippen molar-refractivity contribution in [2.45, 2.75) is 11.8 Å². The third kappa shape index (κ3) is 5.29. The van der Waals surface area contributed by atoms with E-state index < -0.39 is 20.9 Å². The number of carbonyl (C=O) groups is 1. The Morgan fingerprint density at radius 1 is 1.13 bits per heavy atom. The Hall–Kier alpha value is -3.99. The van der Waals surface area contributed by atoms with Crippen molar-refractivity contribution in [3.8, 4) is 0 Å². The zero-order valence-corrected chi connectivity index (χ0v) is 16.4. The number of hydrogen-bond acceptors (Lipinski definition) is 7. The lowest BCUT2D eigenvalue weighted by molar-refractivity contribution is -0.384. The van der Waals surface area contributed by atoms with Crippen LogP contribution in [0.4, 0.5) is 17.2 Å². The maximum atomic E-state index is 12.3. The molecule has 0 saturated heterocycles. The third-order valence-corrected chi connectivity index (χ3v) is 5.20. The van der Waals surface area contributed by atoms with Crippen LogP contribution in [0.25, 0.3) is 6.08 Å². The van der Waals surface area contributed by atoms with Crippen molar-refractivity contribution in [2.75, 3.05) is 10.0 Å². The number of anilines is 2. The standard InChI is InChI=1S/C19H16N4O6S/c1-13-12-18(21-29-13)22-30(27,28)17-9-5-15(6-10-17)20-19(24)11-4-14-2-7-16(8-3-14)23(25)26/h2-12H,1H3,(H,20,24)(H,21,22)/b11-4+. The molecule has 154 valence electrons. The van der Waals surface area contributed by atoms with Gasteiger partial charge in [-0.25, -0.2) is 8.42 Å². The number of aryl methyl sites for hydroxylation is 1. The van der Waals surface area contributed by atoms with E-state index in [9.17, 15) is 23.3 Å². The first-order valence-electron chi connectivity index (χ1n) is 8.53. The lowest BCUT2D eigenvalue weighted by Gasteiger charge is -2.06. The lowest BCUT2D eigenvalue weighted by atomic mass is 10.2. The fraction of sp³-hybridized carbons (Fsp3) is 0.0526. The van der Waals surface area contributed by atoms with Crippen LogP contribution >= 0.6 is 0 Å². The Bertz CT molecular complexity index is 1200. The summed E-state index contributed by atoms with van der Waals surface area (Å²) in [4.78, 5) is 22.1. The minimum Gasteiger partial charge on any atom is -0.360 e. The highest BCUT2D eigenvalue weighted by Crippen LogP contribution is 2.18. The van der Waals surface area contributed by atoms with Crippen LogP contribution in [0.3, 0.4) is 0 Å². The maximum absolute atomic E-state index is 12.3. The van der Waals surface area contributed by atoms with Crippen LogP contribution < -0.4 is 10.0 Å². The van der Waals surface area contributed by atoms with Crippen molar-refractivity contribution < 1.29 is 22.7 Å². The Morgan fingerprint density at radius 3 is 2.37 bits per heavy atom. The molecule has 0 saturated carbocycles. The van der Waals surface area contributed by atoms with Crippen molar-refractivity contribution in [1.82, 2.24) is 5.16 Å². The lowest BCUT2D eigenvalue weighted by Crippen LogP contribution is -2.13. The Labute approximate surface area is 171 Å². The number of non-ortho nitro benzene ring substituents is 1. The predicted octanol–water partition coefficient (Wildman–Crippen LogP) is 3.34. The van der Waals surface area contributed by atoms with E-state index in [0.717, 1.165) is 0 Å². The molecule has 2 N–H and O–H groups in total. The average Bonchev–Trinajstić information content (AvgIpc) is 3.11. The number of nitro groups is 1. The molecular weight excluding hydrogens is 412 g/mol. The first-order chi connectivity index (χ1) is 14.2. The van der Waals surface area contributed by atoms with Crippen LogP contribution in [0.15, 0.2) is 70.1 Å². The zero-order chi connectivity index (χ0) is 21.7. The van der Waals surface area contributed by atoms with E-state index in [-0.39, 0.29) is 16.4 Å². The van der Waals surface area contributed by atoms with Crippen molar-refractivity contribution >= 4 is 39.2 Å². The number of amides is 1. The molecule has 10 nitrogen and oxygen atoms in total. The van der Waals surface area contributed by atoms with Crippen molar-refractivity contribution in [3.63, 3.8) is 0 Å². The smallest absolute Gasteiger partial charge is 0.269 e. The summed E-state index contributed by atoms with van der Waals surface area (Å²) in [6.45, 7) is 1.64. The summed E-state index contributed by atoms with van der Waals surface area (Å²) in [7, 11) is -3.85. The molecule has 2 aromatic carbocycles. The molecule has 0 aliphatic heterocycles. The van der Waals surface area contributed by atoms with Gasteiger partial charge in [0.2, 0.25) is 5.91 Å². The predicted molar refractivity (Wildman–Crippen MR) is 109 cm³/mol. The first kappa shape index (κ1) is 20.7. The fourth-order valence-electron chi connectivity index (χ4n) is 2.39. The quantitative estimate of drug-likeness (QED) is 0.333. The van der Waals surface area contributed by atoms with E-state index in [0.29, 0.717) is 17.0 Å². The Kier molecular flexibility index (Phi) is 5.93. The van der Waals surface area contributed by atoms with E-state index in [1.54, 1.807) is 6.92 Å². The van der Waals surface area contributed by atoms with E-state index >= 15 is 0 Å². The SMILES string of the molecule is Cc1cc(NS(=O)(=O)c2ccc(NC(=O)/C=C/c3ccc([N+](=O)[O-])cc3)cc2)no1. The van der Waals surface area contributed by atoms with Gasteiger partial charge >= 0.3 is 0 Å². The summed E-state index contributed by atoms with van der Waals surface area (Å²) in [5.41, 5.74) is 0.968. The molecule has 0 radical (unpaired) electrons. The molecular formula is C19H16N4O6S. The highest BCUT2D eigenvalue weighted by atomic mass is 32.2. The van der Waals surface area contributed by atoms with Gasteiger partial charge in [-0.05, 0) is 55.0 Å². The summed E-state index contributed by atoms with van der Waals surface area (Å²) >= 11 is 0. The molecule has 0 bridgehead atoms. The van der Waals surface area contributed by atoms with Gasteiger partial charge in [-0.1, -0.05) is 5.16 Å². The summed E-state index contributed by atoms with van der Waals surface area (Å²) < 4.78 is 31.8. The van der Waals surface area contributed by atoms with Crippen LogP contribution in [-0.4, -0.2) is 24.4 Å². The van der Waals surface area contributed by atoms with Gasteiger partial charge < -0.3 is 9.84 Å². The molecule has 30 heavy (non-hydrogen) atoms. The summed E-state index contributed by atoms with van der Waals surface area (Å²) in [5, 5.41) is 16.8. The topological polar surface area (TPSA) is 144 Å². The largest absolute Gasteiger partial charge is 0.360 e. The van der Waals surface area contributed by atoms with Crippen molar-refractivity contribution in [2.24, 2.45) is 0 Å². The van der Waals surface area contributed by atoms with Gasteiger partial charge in [-0.3, -0.25) is 19.6 Å². The number of carbonyl (C=O) groups excluding carboxylic acids is 1. The van der Waals surface area contributed by atoms with Gasteiger partial charge in [0.05, 0.1) is 9.82 Å². The van der Waals surface area contributed by atoms with Crippen molar-refractivity contribution in [1.29, 1.82) is 0 Å².